The molecule has 0 amide bonds. The van der Waals surface area contributed by atoms with Gasteiger partial charge in [0, 0.05) is 6.20 Å². The molecule has 1 rings (SSSR count). The van der Waals surface area contributed by atoms with Gasteiger partial charge in [-0.25, -0.2) is 4.79 Å². The molecule has 0 aliphatic rings. The second-order valence-corrected chi connectivity index (χ2v) is 3.48. The van der Waals surface area contributed by atoms with Crippen LogP contribution in [0.2, 0.25) is 0 Å². The number of hydrogen-bond donors (Lipinski definition) is 1. The van der Waals surface area contributed by atoms with Crippen molar-refractivity contribution in [2.75, 3.05) is 6.61 Å². The first-order valence-corrected chi connectivity index (χ1v) is 5.01. The number of aliphatic carboxylic acids is 1. The minimum absolute atomic E-state index is 0.308. The van der Waals surface area contributed by atoms with E-state index in [0.717, 1.165) is 0 Å². The maximum absolute atomic E-state index is 11.2. The first-order chi connectivity index (χ1) is 7.61. The van der Waals surface area contributed by atoms with E-state index in [4.69, 9.17) is 4.74 Å². The zero-order valence-electron chi connectivity index (χ0n) is 9.22. The Balaban J connectivity index is 2.89. The molecular weight excluding hydrogens is 206 g/mol. The van der Waals surface area contributed by atoms with Crippen molar-refractivity contribution in [2.45, 2.75) is 18.9 Å². The molecule has 4 heteroatoms. The van der Waals surface area contributed by atoms with Crippen molar-refractivity contribution in [2.24, 2.45) is 0 Å². The Labute approximate surface area is 94.6 Å². The summed E-state index contributed by atoms with van der Waals surface area (Å²) in [5.74, 6) is -1.05. The minimum Gasteiger partial charge on any atom is -0.479 e. The van der Waals surface area contributed by atoms with Crippen LogP contribution >= 0.6 is 0 Å². The Kier molecular flexibility index (Phi) is 4.19. The van der Waals surface area contributed by atoms with Gasteiger partial charge >= 0.3 is 5.97 Å². The van der Waals surface area contributed by atoms with E-state index in [0.29, 0.717) is 18.7 Å². The van der Waals surface area contributed by atoms with Crippen LogP contribution in [0, 0.1) is 0 Å². The normalized spacial score (nSPS) is 14.1. The second kappa shape index (κ2) is 5.42. The smallest absolute Gasteiger partial charge is 0.342 e. The monoisotopic (exact) mass is 221 g/mol. The van der Waals surface area contributed by atoms with Crippen LogP contribution in [0.1, 0.15) is 19.0 Å². The fourth-order valence-corrected chi connectivity index (χ4v) is 1.24. The molecule has 16 heavy (non-hydrogen) atoms. The molecule has 0 aliphatic carbocycles. The highest BCUT2D eigenvalue weighted by molar-refractivity contribution is 5.78. The van der Waals surface area contributed by atoms with Gasteiger partial charge < -0.3 is 9.84 Å². The molecule has 1 unspecified atom stereocenters. The molecule has 0 bridgehead atoms. The van der Waals surface area contributed by atoms with Crippen LogP contribution in [0.3, 0.4) is 0 Å². The summed E-state index contributed by atoms with van der Waals surface area (Å²) in [4.78, 5) is 15.2. The third-order valence-electron chi connectivity index (χ3n) is 2.27. The van der Waals surface area contributed by atoms with Crippen LogP contribution in [0.5, 0.6) is 0 Å². The number of ether oxygens (including phenoxy) is 1. The number of carboxylic acids is 1. The van der Waals surface area contributed by atoms with Crippen molar-refractivity contribution in [1.29, 1.82) is 0 Å². The molecule has 1 N–H and O–H groups in total. The average Bonchev–Trinajstić information content (AvgIpc) is 2.30. The minimum atomic E-state index is -1.40. The third kappa shape index (κ3) is 2.67. The first kappa shape index (κ1) is 12.4. The lowest BCUT2D eigenvalue weighted by atomic mass is 10.0. The van der Waals surface area contributed by atoms with Gasteiger partial charge in [0.2, 0.25) is 5.60 Å². The zero-order chi connectivity index (χ0) is 12.0. The van der Waals surface area contributed by atoms with E-state index in [1.807, 2.05) is 0 Å². The molecule has 0 fully saturated rings. The van der Waals surface area contributed by atoms with E-state index in [1.165, 1.54) is 6.92 Å². The highest BCUT2D eigenvalue weighted by Crippen LogP contribution is 2.23. The van der Waals surface area contributed by atoms with Crippen LogP contribution in [0.15, 0.2) is 37.1 Å². The number of pyridine rings is 1. The van der Waals surface area contributed by atoms with Crippen LogP contribution in [-0.2, 0) is 15.1 Å². The summed E-state index contributed by atoms with van der Waals surface area (Å²) in [6, 6.07) is 5.11. The van der Waals surface area contributed by atoms with Crippen LogP contribution in [0.25, 0.3) is 0 Å². The summed E-state index contributed by atoms with van der Waals surface area (Å²) in [6.07, 6.45) is 3.84. The van der Waals surface area contributed by atoms with Gasteiger partial charge in [0.1, 0.15) is 0 Å². The fourth-order valence-electron chi connectivity index (χ4n) is 1.24. The SMILES string of the molecule is C=CCCOC(C)(C(=O)O)c1ccccn1. The largest absolute Gasteiger partial charge is 0.479 e. The van der Waals surface area contributed by atoms with E-state index in [9.17, 15) is 9.90 Å². The summed E-state index contributed by atoms with van der Waals surface area (Å²) in [5.41, 5.74) is -1.00. The molecule has 4 nitrogen and oxygen atoms in total. The van der Waals surface area contributed by atoms with Crippen molar-refractivity contribution in [3.63, 3.8) is 0 Å². The maximum atomic E-state index is 11.2. The molecule has 1 atom stereocenters. The lowest BCUT2D eigenvalue weighted by molar-refractivity contribution is -0.165. The van der Waals surface area contributed by atoms with Crippen molar-refractivity contribution >= 4 is 5.97 Å². The van der Waals surface area contributed by atoms with Crippen molar-refractivity contribution < 1.29 is 14.6 Å². The second-order valence-electron chi connectivity index (χ2n) is 3.48. The number of carboxylic acid groups (broad SMARTS) is 1. The summed E-state index contributed by atoms with van der Waals surface area (Å²) in [5, 5.41) is 9.19. The van der Waals surface area contributed by atoms with Gasteiger partial charge in [0.05, 0.1) is 12.3 Å². The maximum Gasteiger partial charge on any atom is 0.342 e. The van der Waals surface area contributed by atoms with Gasteiger partial charge in [0.15, 0.2) is 0 Å². The summed E-state index contributed by atoms with van der Waals surface area (Å²) < 4.78 is 5.38. The van der Waals surface area contributed by atoms with Crippen LogP contribution < -0.4 is 0 Å². The van der Waals surface area contributed by atoms with Crippen molar-refractivity contribution in [3.8, 4) is 0 Å². The zero-order valence-corrected chi connectivity index (χ0v) is 9.22. The first-order valence-electron chi connectivity index (χ1n) is 5.01. The van der Waals surface area contributed by atoms with E-state index < -0.39 is 11.6 Å². The predicted molar refractivity (Wildman–Crippen MR) is 60.0 cm³/mol. The van der Waals surface area contributed by atoms with Crippen LogP contribution in [-0.4, -0.2) is 22.7 Å². The number of nitrogens with zero attached hydrogens (tertiary/aromatic N) is 1. The van der Waals surface area contributed by atoms with E-state index in [1.54, 1.807) is 30.5 Å². The Morgan fingerprint density at radius 1 is 1.69 bits per heavy atom. The molecule has 0 saturated carbocycles. The summed E-state index contributed by atoms with van der Waals surface area (Å²) >= 11 is 0. The molecule has 0 aromatic carbocycles. The molecule has 0 saturated heterocycles. The van der Waals surface area contributed by atoms with Crippen molar-refractivity contribution in [1.82, 2.24) is 4.98 Å². The number of aromatic nitrogens is 1. The Hall–Kier alpha value is -1.68. The number of hydrogen-bond acceptors (Lipinski definition) is 3. The van der Waals surface area contributed by atoms with Crippen molar-refractivity contribution in [3.05, 3.63) is 42.7 Å². The van der Waals surface area contributed by atoms with Gasteiger partial charge in [-0.1, -0.05) is 12.1 Å². The summed E-state index contributed by atoms with van der Waals surface area (Å²) in [7, 11) is 0. The molecule has 86 valence electrons. The van der Waals surface area contributed by atoms with Gasteiger partial charge in [0.25, 0.3) is 0 Å². The summed E-state index contributed by atoms with van der Waals surface area (Å²) in [6.45, 7) is 5.36. The lowest BCUT2D eigenvalue weighted by Crippen LogP contribution is -2.36. The predicted octanol–water partition coefficient (Wildman–Crippen LogP) is 1.97. The molecule has 0 spiro atoms. The van der Waals surface area contributed by atoms with E-state index >= 15 is 0 Å². The Bertz CT molecular complexity index is 364. The Morgan fingerprint density at radius 3 is 2.94 bits per heavy atom. The molecule has 1 aromatic rings. The highest BCUT2D eigenvalue weighted by atomic mass is 16.5. The topological polar surface area (TPSA) is 59.4 Å². The quantitative estimate of drug-likeness (QED) is 0.589. The number of carbonyl (C=O) groups is 1. The molecule has 0 radical (unpaired) electrons. The van der Waals surface area contributed by atoms with Gasteiger partial charge in [-0.3, -0.25) is 4.98 Å². The van der Waals surface area contributed by atoms with Gasteiger partial charge in [-0.15, -0.1) is 6.58 Å². The van der Waals surface area contributed by atoms with Crippen LogP contribution in [0.4, 0.5) is 0 Å². The average molecular weight is 221 g/mol. The van der Waals surface area contributed by atoms with E-state index in [2.05, 4.69) is 11.6 Å². The molecule has 1 aromatic heterocycles. The highest BCUT2D eigenvalue weighted by Gasteiger charge is 2.37. The molecule has 0 aliphatic heterocycles. The lowest BCUT2D eigenvalue weighted by Gasteiger charge is -2.24. The standard InChI is InChI=1S/C12H15NO3/c1-3-4-9-16-12(2,11(14)15)10-7-5-6-8-13-10/h3,5-8H,1,4,9H2,2H3,(H,14,15). The molecular formula is C12H15NO3. The van der Waals surface area contributed by atoms with Gasteiger partial charge in [-0.05, 0) is 25.5 Å². The third-order valence-corrected chi connectivity index (χ3v) is 2.27. The Morgan fingerprint density at radius 2 is 2.44 bits per heavy atom. The number of rotatable bonds is 6. The van der Waals surface area contributed by atoms with E-state index in [-0.39, 0.29) is 0 Å². The molecule has 1 heterocycles. The fraction of sp³-hybridized carbons (Fsp3) is 0.333. The van der Waals surface area contributed by atoms with Gasteiger partial charge in [-0.2, -0.15) is 0 Å².